The summed E-state index contributed by atoms with van der Waals surface area (Å²) in [6.45, 7) is 3.84. The highest BCUT2D eigenvalue weighted by atomic mass is 16.1. The largest absolute Gasteiger partial charge is 0.353 e. The van der Waals surface area contributed by atoms with E-state index in [0.29, 0.717) is 18.2 Å². The molecule has 2 heterocycles. The van der Waals surface area contributed by atoms with Crippen LogP contribution < -0.4 is 5.32 Å². The van der Waals surface area contributed by atoms with Crippen LogP contribution in [0.1, 0.15) is 29.8 Å². The minimum absolute atomic E-state index is 0.0602. The van der Waals surface area contributed by atoms with Gasteiger partial charge in [0.05, 0.1) is 6.42 Å². The van der Waals surface area contributed by atoms with Crippen LogP contribution in [0.2, 0.25) is 0 Å². The van der Waals surface area contributed by atoms with E-state index in [1.807, 2.05) is 13.8 Å². The van der Waals surface area contributed by atoms with E-state index < -0.39 is 0 Å². The summed E-state index contributed by atoms with van der Waals surface area (Å²) in [6.07, 6.45) is 4.04. The standard InChI is InChI=1S/C12H15N5O/c1-7-10(5-11(18)16-9-3-4-9)8(2)17-12(15-7)13-6-14-17/h6,9H,3-5H2,1-2H3,(H,16,18). The van der Waals surface area contributed by atoms with E-state index in [2.05, 4.69) is 20.4 Å². The first kappa shape index (κ1) is 11.1. The van der Waals surface area contributed by atoms with Gasteiger partial charge >= 0.3 is 0 Å². The molecular formula is C12H15N5O. The molecule has 3 rings (SSSR count). The summed E-state index contributed by atoms with van der Waals surface area (Å²) < 4.78 is 1.67. The third-order valence-electron chi connectivity index (χ3n) is 3.27. The predicted molar refractivity (Wildman–Crippen MR) is 65.1 cm³/mol. The molecule has 0 spiro atoms. The number of aryl methyl sites for hydroxylation is 2. The van der Waals surface area contributed by atoms with Crippen molar-refractivity contribution >= 4 is 11.7 Å². The Morgan fingerprint density at radius 1 is 1.50 bits per heavy atom. The number of aromatic nitrogens is 4. The molecule has 0 aromatic carbocycles. The average Bonchev–Trinajstić information content (AvgIpc) is 3.00. The van der Waals surface area contributed by atoms with Crippen LogP contribution in [0, 0.1) is 13.8 Å². The van der Waals surface area contributed by atoms with Gasteiger partial charge in [-0.15, -0.1) is 0 Å². The van der Waals surface area contributed by atoms with Crippen molar-refractivity contribution in [3.63, 3.8) is 0 Å². The number of rotatable bonds is 3. The zero-order chi connectivity index (χ0) is 12.7. The second kappa shape index (κ2) is 4.04. The van der Waals surface area contributed by atoms with Gasteiger partial charge in [-0.1, -0.05) is 0 Å². The SMILES string of the molecule is Cc1nc2ncnn2c(C)c1CC(=O)NC1CC1. The van der Waals surface area contributed by atoms with Crippen LogP contribution >= 0.6 is 0 Å². The molecule has 0 atom stereocenters. The van der Waals surface area contributed by atoms with Gasteiger partial charge < -0.3 is 5.32 Å². The van der Waals surface area contributed by atoms with E-state index in [1.54, 1.807) is 4.52 Å². The smallest absolute Gasteiger partial charge is 0.252 e. The van der Waals surface area contributed by atoms with Gasteiger partial charge in [0.25, 0.3) is 5.78 Å². The van der Waals surface area contributed by atoms with Gasteiger partial charge in [0.2, 0.25) is 5.91 Å². The Morgan fingerprint density at radius 2 is 2.28 bits per heavy atom. The van der Waals surface area contributed by atoms with E-state index in [0.717, 1.165) is 29.8 Å². The minimum Gasteiger partial charge on any atom is -0.353 e. The van der Waals surface area contributed by atoms with Gasteiger partial charge in [0.15, 0.2) is 0 Å². The molecule has 1 aliphatic rings. The molecule has 6 heteroatoms. The lowest BCUT2D eigenvalue weighted by molar-refractivity contribution is -0.120. The predicted octanol–water partition coefficient (Wildman–Crippen LogP) is 0.562. The number of nitrogens with zero attached hydrogens (tertiary/aromatic N) is 4. The van der Waals surface area contributed by atoms with Crippen molar-refractivity contribution in [1.29, 1.82) is 0 Å². The molecule has 0 saturated heterocycles. The number of fused-ring (bicyclic) bond motifs is 1. The molecule has 1 saturated carbocycles. The zero-order valence-electron chi connectivity index (χ0n) is 10.5. The van der Waals surface area contributed by atoms with Crippen LogP contribution in [0.5, 0.6) is 0 Å². The molecule has 2 aromatic heterocycles. The molecule has 0 radical (unpaired) electrons. The van der Waals surface area contributed by atoms with E-state index >= 15 is 0 Å². The van der Waals surface area contributed by atoms with Crippen LogP contribution in [0.15, 0.2) is 6.33 Å². The maximum atomic E-state index is 11.9. The number of hydrogen-bond acceptors (Lipinski definition) is 4. The van der Waals surface area contributed by atoms with E-state index in [-0.39, 0.29) is 5.91 Å². The Kier molecular flexibility index (Phi) is 2.50. The van der Waals surface area contributed by atoms with Crippen molar-refractivity contribution < 1.29 is 4.79 Å². The number of hydrogen-bond donors (Lipinski definition) is 1. The highest BCUT2D eigenvalue weighted by Crippen LogP contribution is 2.19. The molecule has 1 amide bonds. The van der Waals surface area contributed by atoms with Crippen molar-refractivity contribution in [3.8, 4) is 0 Å². The molecule has 6 nitrogen and oxygen atoms in total. The number of amides is 1. The first-order valence-corrected chi connectivity index (χ1v) is 6.10. The zero-order valence-corrected chi connectivity index (χ0v) is 10.5. The molecule has 18 heavy (non-hydrogen) atoms. The third kappa shape index (κ3) is 1.94. The Balaban J connectivity index is 1.91. The van der Waals surface area contributed by atoms with Crippen LogP contribution in [0.25, 0.3) is 5.78 Å². The monoisotopic (exact) mass is 245 g/mol. The second-order valence-corrected chi connectivity index (χ2v) is 4.75. The molecule has 2 aromatic rings. The minimum atomic E-state index is 0.0602. The lowest BCUT2D eigenvalue weighted by atomic mass is 10.1. The van der Waals surface area contributed by atoms with Crippen LogP contribution in [-0.2, 0) is 11.2 Å². The maximum Gasteiger partial charge on any atom is 0.252 e. The lowest BCUT2D eigenvalue weighted by Gasteiger charge is -2.10. The van der Waals surface area contributed by atoms with Crippen LogP contribution in [0.3, 0.4) is 0 Å². The highest BCUT2D eigenvalue weighted by molar-refractivity contribution is 5.79. The Hall–Kier alpha value is -1.98. The lowest BCUT2D eigenvalue weighted by Crippen LogP contribution is -2.28. The topological polar surface area (TPSA) is 72.2 Å². The van der Waals surface area contributed by atoms with E-state index in [4.69, 9.17) is 0 Å². The normalized spacial score (nSPS) is 15.0. The molecule has 1 fully saturated rings. The summed E-state index contributed by atoms with van der Waals surface area (Å²) in [5.41, 5.74) is 2.71. The molecule has 1 aliphatic carbocycles. The summed E-state index contributed by atoms with van der Waals surface area (Å²) in [4.78, 5) is 20.3. The second-order valence-electron chi connectivity index (χ2n) is 4.75. The molecule has 0 unspecified atom stereocenters. The summed E-state index contributed by atoms with van der Waals surface area (Å²) in [7, 11) is 0. The fraction of sp³-hybridized carbons (Fsp3) is 0.500. The number of carbonyl (C=O) groups excluding carboxylic acids is 1. The summed E-state index contributed by atoms with van der Waals surface area (Å²) in [5, 5.41) is 7.10. The van der Waals surface area contributed by atoms with Gasteiger partial charge in [-0.05, 0) is 26.7 Å². The number of nitrogens with one attached hydrogen (secondary N) is 1. The molecule has 0 aliphatic heterocycles. The Morgan fingerprint density at radius 3 is 3.00 bits per heavy atom. The highest BCUT2D eigenvalue weighted by Gasteiger charge is 2.24. The fourth-order valence-corrected chi connectivity index (χ4v) is 2.08. The Labute approximate surface area is 104 Å². The maximum absolute atomic E-state index is 11.9. The van der Waals surface area contributed by atoms with Gasteiger partial charge in [0, 0.05) is 23.0 Å². The van der Waals surface area contributed by atoms with Gasteiger partial charge in [-0.25, -0.2) is 9.50 Å². The van der Waals surface area contributed by atoms with Gasteiger partial charge in [0.1, 0.15) is 6.33 Å². The average molecular weight is 245 g/mol. The summed E-state index contributed by atoms with van der Waals surface area (Å²) in [6, 6.07) is 0.390. The fourth-order valence-electron chi connectivity index (χ4n) is 2.08. The van der Waals surface area contributed by atoms with Crippen molar-refractivity contribution in [1.82, 2.24) is 24.9 Å². The van der Waals surface area contributed by atoms with Crippen molar-refractivity contribution in [3.05, 3.63) is 23.3 Å². The van der Waals surface area contributed by atoms with E-state index in [9.17, 15) is 4.79 Å². The number of carbonyl (C=O) groups is 1. The van der Waals surface area contributed by atoms with Crippen molar-refractivity contribution in [2.24, 2.45) is 0 Å². The summed E-state index contributed by atoms with van der Waals surface area (Å²) >= 11 is 0. The van der Waals surface area contributed by atoms with Crippen molar-refractivity contribution in [2.75, 3.05) is 0 Å². The quantitative estimate of drug-likeness (QED) is 0.857. The van der Waals surface area contributed by atoms with Crippen LogP contribution in [0.4, 0.5) is 0 Å². The summed E-state index contributed by atoms with van der Waals surface area (Å²) in [5.74, 6) is 0.640. The van der Waals surface area contributed by atoms with Gasteiger partial charge in [-0.3, -0.25) is 4.79 Å². The molecular weight excluding hydrogens is 230 g/mol. The van der Waals surface area contributed by atoms with Gasteiger partial charge in [-0.2, -0.15) is 10.1 Å². The Bertz CT molecular complexity index is 614. The van der Waals surface area contributed by atoms with Crippen molar-refractivity contribution in [2.45, 2.75) is 39.2 Å². The molecule has 1 N–H and O–H groups in total. The molecule has 94 valence electrons. The molecule has 0 bridgehead atoms. The third-order valence-corrected chi connectivity index (χ3v) is 3.27. The van der Waals surface area contributed by atoms with Crippen LogP contribution in [-0.4, -0.2) is 31.5 Å². The first-order chi connectivity index (χ1) is 8.65. The van der Waals surface area contributed by atoms with E-state index in [1.165, 1.54) is 6.33 Å². The first-order valence-electron chi connectivity index (χ1n) is 6.10.